The van der Waals surface area contributed by atoms with Crippen LogP contribution in [0, 0.1) is 0 Å². The summed E-state index contributed by atoms with van der Waals surface area (Å²) in [5, 5.41) is 7.60. The first-order chi connectivity index (χ1) is 21.3. The molecule has 0 saturated carbocycles. The summed E-state index contributed by atoms with van der Waals surface area (Å²) in [6.07, 6.45) is 0. The van der Waals surface area contributed by atoms with Gasteiger partial charge in [-0.15, -0.1) is 0 Å². The summed E-state index contributed by atoms with van der Waals surface area (Å²) in [5.41, 5.74) is 16.7. The van der Waals surface area contributed by atoms with Crippen LogP contribution in [0.15, 0.2) is 108 Å². The lowest BCUT2D eigenvalue weighted by atomic mass is 9.82. The standard InChI is InChI=1S/C42H29NO/c1-41(2)30-14-8-5-11-22(30)25-19-34-27(17-32(25)41)28-21-37-38(24-13-7-10-16-36(24)44-37)39-29-18-33-26(20-35(29)43(34)40(28)39)23-12-6-9-15-31(23)42(33,3)4/h5-21H,1-4H3. The molecule has 2 aliphatic rings. The van der Waals surface area contributed by atoms with Gasteiger partial charge >= 0.3 is 0 Å². The Morgan fingerprint density at radius 1 is 0.455 bits per heavy atom. The van der Waals surface area contributed by atoms with Crippen molar-refractivity contribution in [2.45, 2.75) is 38.5 Å². The van der Waals surface area contributed by atoms with Crippen LogP contribution in [0.25, 0.3) is 82.3 Å². The summed E-state index contributed by atoms with van der Waals surface area (Å²) >= 11 is 0. The lowest BCUT2D eigenvalue weighted by molar-refractivity contribution is 0.661. The molecule has 0 fully saturated rings. The molecule has 0 bridgehead atoms. The predicted octanol–water partition coefficient (Wildman–Crippen LogP) is 11.3. The van der Waals surface area contributed by atoms with Crippen molar-refractivity contribution in [2.75, 3.05) is 0 Å². The topological polar surface area (TPSA) is 17.6 Å². The number of furan rings is 1. The molecule has 3 aromatic heterocycles. The predicted molar refractivity (Wildman–Crippen MR) is 184 cm³/mol. The van der Waals surface area contributed by atoms with Crippen molar-refractivity contribution in [2.24, 2.45) is 0 Å². The first-order valence-corrected chi connectivity index (χ1v) is 15.7. The summed E-state index contributed by atoms with van der Waals surface area (Å²) in [6, 6.07) is 38.7. The highest BCUT2D eigenvalue weighted by molar-refractivity contribution is 6.35. The molecular weight excluding hydrogens is 534 g/mol. The Balaban J connectivity index is 1.40. The molecule has 0 amide bonds. The van der Waals surface area contributed by atoms with Crippen molar-refractivity contribution >= 4 is 60.0 Å². The van der Waals surface area contributed by atoms with Crippen LogP contribution in [-0.4, -0.2) is 4.40 Å². The molecule has 2 nitrogen and oxygen atoms in total. The normalized spacial score (nSPS) is 16.1. The smallest absolute Gasteiger partial charge is 0.136 e. The van der Waals surface area contributed by atoms with E-state index in [0.29, 0.717) is 0 Å². The number of hydrogen-bond donors (Lipinski definition) is 0. The van der Waals surface area contributed by atoms with Gasteiger partial charge in [-0.25, -0.2) is 0 Å². The zero-order valence-electron chi connectivity index (χ0n) is 25.2. The van der Waals surface area contributed by atoms with Gasteiger partial charge < -0.3 is 8.82 Å². The van der Waals surface area contributed by atoms with Gasteiger partial charge in [0.1, 0.15) is 11.2 Å². The summed E-state index contributed by atoms with van der Waals surface area (Å²) in [4.78, 5) is 0. The molecule has 9 aromatic rings. The van der Waals surface area contributed by atoms with Crippen LogP contribution in [0.5, 0.6) is 0 Å². The van der Waals surface area contributed by atoms with E-state index in [1.54, 1.807) is 0 Å². The maximum Gasteiger partial charge on any atom is 0.136 e. The molecule has 44 heavy (non-hydrogen) atoms. The van der Waals surface area contributed by atoms with Crippen molar-refractivity contribution in [1.29, 1.82) is 0 Å². The quantitative estimate of drug-likeness (QED) is 0.179. The third-order valence-electron chi connectivity index (χ3n) is 11.3. The Labute approximate surface area is 254 Å². The van der Waals surface area contributed by atoms with E-state index in [2.05, 4.69) is 135 Å². The highest BCUT2D eigenvalue weighted by atomic mass is 16.3. The van der Waals surface area contributed by atoms with Crippen LogP contribution in [0.4, 0.5) is 0 Å². The molecule has 0 spiro atoms. The molecule has 2 aliphatic carbocycles. The van der Waals surface area contributed by atoms with Crippen LogP contribution in [0.2, 0.25) is 0 Å². The molecule has 2 heteroatoms. The Morgan fingerprint density at radius 2 is 1.02 bits per heavy atom. The number of rotatable bonds is 0. The molecule has 0 radical (unpaired) electrons. The third kappa shape index (κ3) is 2.43. The van der Waals surface area contributed by atoms with Crippen molar-refractivity contribution in [3.05, 3.63) is 125 Å². The molecule has 0 aliphatic heterocycles. The summed E-state index contributed by atoms with van der Waals surface area (Å²) in [7, 11) is 0. The number of para-hydroxylation sites is 1. The summed E-state index contributed by atoms with van der Waals surface area (Å²) in [6.45, 7) is 9.49. The monoisotopic (exact) mass is 563 g/mol. The number of benzene rings is 6. The van der Waals surface area contributed by atoms with Gasteiger partial charge in [-0.1, -0.05) is 94.4 Å². The van der Waals surface area contributed by atoms with Gasteiger partial charge in [-0.05, 0) is 80.9 Å². The maximum atomic E-state index is 6.62. The molecular formula is C42H29NO. The zero-order chi connectivity index (χ0) is 29.3. The van der Waals surface area contributed by atoms with Crippen molar-refractivity contribution in [1.82, 2.24) is 4.40 Å². The second kappa shape index (κ2) is 7.17. The van der Waals surface area contributed by atoms with E-state index in [1.165, 1.54) is 93.4 Å². The second-order valence-corrected chi connectivity index (χ2v) is 14.1. The van der Waals surface area contributed by atoms with Gasteiger partial charge in [0.15, 0.2) is 0 Å². The minimum absolute atomic E-state index is 0.0566. The van der Waals surface area contributed by atoms with Gasteiger partial charge in [0.05, 0.1) is 16.6 Å². The highest BCUT2D eigenvalue weighted by Crippen LogP contribution is 2.55. The molecule has 208 valence electrons. The largest absolute Gasteiger partial charge is 0.456 e. The van der Waals surface area contributed by atoms with E-state index in [4.69, 9.17) is 4.42 Å². The van der Waals surface area contributed by atoms with Crippen LogP contribution in [-0.2, 0) is 10.8 Å². The fraction of sp³-hybridized carbons (Fsp3) is 0.143. The van der Waals surface area contributed by atoms with Gasteiger partial charge in [0.25, 0.3) is 0 Å². The number of nitrogens with zero attached hydrogens (tertiary/aromatic N) is 1. The molecule has 6 aromatic carbocycles. The van der Waals surface area contributed by atoms with Gasteiger partial charge in [0.2, 0.25) is 0 Å². The second-order valence-electron chi connectivity index (χ2n) is 14.1. The van der Waals surface area contributed by atoms with Crippen molar-refractivity contribution in [3.63, 3.8) is 0 Å². The molecule has 0 N–H and O–H groups in total. The van der Waals surface area contributed by atoms with Crippen LogP contribution < -0.4 is 0 Å². The summed E-state index contributed by atoms with van der Waals surface area (Å²) in [5.74, 6) is 0. The number of aromatic nitrogens is 1. The molecule has 0 unspecified atom stereocenters. The Morgan fingerprint density at radius 3 is 1.70 bits per heavy atom. The van der Waals surface area contributed by atoms with Gasteiger partial charge in [0, 0.05) is 43.1 Å². The zero-order valence-corrected chi connectivity index (χ0v) is 25.2. The number of hydrogen-bond acceptors (Lipinski definition) is 1. The Kier molecular flexibility index (Phi) is 3.81. The average Bonchev–Trinajstić information content (AvgIpc) is 3.77. The van der Waals surface area contributed by atoms with Crippen molar-refractivity contribution in [3.8, 4) is 22.3 Å². The van der Waals surface area contributed by atoms with E-state index in [0.717, 1.165) is 11.2 Å². The minimum Gasteiger partial charge on any atom is -0.456 e. The highest BCUT2D eigenvalue weighted by Gasteiger charge is 2.38. The van der Waals surface area contributed by atoms with Crippen LogP contribution in [0.3, 0.4) is 0 Å². The Bertz CT molecular complexity index is 2760. The first kappa shape index (κ1) is 23.4. The van der Waals surface area contributed by atoms with Gasteiger partial charge in [-0.3, -0.25) is 0 Å². The molecule has 11 rings (SSSR count). The van der Waals surface area contributed by atoms with E-state index in [1.807, 2.05) is 0 Å². The Hall–Kier alpha value is -5.08. The van der Waals surface area contributed by atoms with Gasteiger partial charge in [-0.2, -0.15) is 0 Å². The van der Waals surface area contributed by atoms with E-state index < -0.39 is 0 Å². The lowest BCUT2D eigenvalue weighted by Gasteiger charge is -2.21. The van der Waals surface area contributed by atoms with Crippen LogP contribution >= 0.6 is 0 Å². The molecule has 0 saturated heterocycles. The fourth-order valence-electron chi connectivity index (χ4n) is 9.21. The van der Waals surface area contributed by atoms with E-state index >= 15 is 0 Å². The third-order valence-corrected chi connectivity index (χ3v) is 11.3. The van der Waals surface area contributed by atoms with Crippen LogP contribution in [0.1, 0.15) is 49.9 Å². The maximum absolute atomic E-state index is 6.62. The fourth-order valence-corrected chi connectivity index (χ4v) is 9.21. The molecule has 0 atom stereocenters. The summed E-state index contributed by atoms with van der Waals surface area (Å²) < 4.78 is 9.19. The lowest BCUT2D eigenvalue weighted by Crippen LogP contribution is -2.14. The van der Waals surface area contributed by atoms with Crippen molar-refractivity contribution < 1.29 is 4.42 Å². The number of fused-ring (bicyclic) bond motifs is 16. The SMILES string of the molecule is CC1(C)c2ccccc2-c2cc3c(cc21)c1cc2oc4ccccc4c2c2c4cc5c(cc4n3c12)-c1ccccc1C5(C)C. The minimum atomic E-state index is -0.0676. The van der Waals surface area contributed by atoms with E-state index in [-0.39, 0.29) is 10.8 Å². The first-order valence-electron chi connectivity index (χ1n) is 15.7. The average molecular weight is 564 g/mol. The molecule has 3 heterocycles. The van der Waals surface area contributed by atoms with E-state index in [9.17, 15) is 0 Å².